The highest BCUT2D eigenvalue weighted by Gasteiger charge is 2.35. The summed E-state index contributed by atoms with van der Waals surface area (Å²) >= 11 is 3.43. The number of piperazine rings is 1. The molecular formula is C13H13BrN4O. The van der Waals surface area contributed by atoms with Gasteiger partial charge in [0.2, 0.25) is 0 Å². The van der Waals surface area contributed by atoms with Crippen LogP contribution in [0.1, 0.15) is 5.56 Å². The number of nitriles is 1. The molecule has 1 N–H and O–H groups in total. The van der Waals surface area contributed by atoms with Crippen molar-refractivity contribution in [3.63, 3.8) is 0 Å². The van der Waals surface area contributed by atoms with E-state index in [1.807, 2.05) is 17.0 Å². The van der Waals surface area contributed by atoms with E-state index >= 15 is 0 Å². The van der Waals surface area contributed by atoms with Gasteiger partial charge in [-0.25, -0.2) is 4.79 Å². The summed E-state index contributed by atoms with van der Waals surface area (Å²) < 4.78 is 0.907. The second kappa shape index (κ2) is 4.74. The number of urea groups is 1. The number of halogens is 1. The number of hydrogen-bond acceptors (Lipinski definition) is 3. The van der Waals surface area contributed by atoms with E-state index in [9.17, 15) is 4.79 Å². The molecule has 2 fully saturated rings. The molecule has 0 spiro atoms. The van der Waals surface area contributed by atoms with E-state index in [0.717, 1.165) is 29.8 Å². The van der Waals surface area contributed by atoms with Gasteiger partial charge in [-0.3, -0.25) is 0 Å². The third-order valence-corrected chi connectivity index (χ3v) is 4.07. The van der Waals surface area contributed by atoms with Gasteiger partial charge in [-0.05, 0) is 18.2 Å². The molecule has 0 saturated carbocycles. The molecule has 98 valence electrons. The molecule has 0 aliphatic carbocycles. The van der Waals surface area contributed by atoms with Crippen LogP contribution in [0, 0.1) is 11.3 Å². The number of nitrogens with zero attached hydrogens (tertiary/aromatic N) is 3. The molecule has 0 bridgehead atoms. The number of carbonyl (C=O) groups excluding carboxylic acids is 1. The second-order valence-corrected chi connectivity index (χ2v) is 5.70. The summed E-state index contributed by atoms with van der Waals surface area (Å²) in [5.41, 5.74) is 1.68. The van der Waals surface area contributed by atoms with E-state index in [0.29, 0.717) is 12.1 Å². The predicted molar refractivity (Wildman–Crippen MR) is 75.0 cm³/mol. The summed E-state index contributed by atoms with van der Waals surface area (Å²) in [5, 5.41) is 11.9. The van der Waals surface area contributed by atoms with Crippen molar-refractivity contribution in [2.45, 2.75) is 6.04 Å². The number of carbonyl (C=O) groups is 1. The number of fused-ring (bicyclic) bond motifs is 1. The molecule has 1 aromatic rings. The molecule has 3 rings (SSSR count). The normalized spacial score (nSPS) is 21.9. The maximum Gasteiger partial charge on any atom is 0.317 e. The van der Waals surface area contributed by atoms with E-state index in [1.54, 1.807) is 6.07 Å². The summed E-state index contributed by atoms with van der Waals surface area (Å²) in [5.74, 6) is 0. The Hall–Kier alpha value is -1.74. The van der Waals surface area contributed by atoms with Crippen LogP contribution in [0.4, 0.5) is 10.5 Å². The van der Waals surface area contributed by atoms with Gasteiger partial charge in [-0.2, -0.15) is 5.26 Å². The van der Waals surface area contributed by atoms with Gasteiger partial charge < -0.3 is 15.1 Å². The average Bonchev–Trinajstić information content (AvgIpc) is 2.79. The number of amides is 2. The first-order valence-corrected chi connectivity index (χ1v) is 6.97. The molecule has 2 amide bonds. The lowest BCUT2D eigenvalue weighted by molar-refractivity contribution is 0.197. The minimum absolute atomic E-state index is 0.0385. The van der Waals surface area contributed by atoms with E-state index in [2.05, 4.69) is 32.2 Å². The number of rotatable bonds is 1. The van der Waals surface area contributed by atoms with E-state index in [1.165, 1.54) is 0 Å². The summed E-state index contributed by atoms with van der Waals surface area (Å²) in [4.78, 5) is 15.7. The van der Waals surface area contributed by atoms with Crippen LogP contribution >= 0.6 is 15.9 Å². The smallest absolute Gasteiger partial charge is 0.317 e. The van der Waals surface area contributed by atoms with Crippen molar-refractivity contribution in [1.29, 1.82) is 5.26 Å². The Labute approximate surface area is 119 Å². The van der Waals surface area contributed by atoms with Crippen molar-refractivity contribution >= 4 is 27.6 Å². The Morgan fingerprint density at radius 1 is 1.37 bits per heavy atom. The first kappa shape index (κ1) is 12.3. The lowest BCUT2D eigenvalue weighted by Crippen LogP contribution is -2.52. The molecule has 2 aliphatic heterocycles. The molecule has 2 saturated heterocycles. The fraction of sp³-hybridized carbons (Fsp3) is 0.385. The highest BCUT2D eigenvalue weighted by molar-refractivity contribution is 9.10. The number of benzene rings is 1. The number of nitrogens with one attached hydrogen (secondary N) is 1. The van der Waals surface area contributed by atoms with Gasteiger partial charge >= 0.3 is 6.03 Å². The largest absolute Gasteiger partial charge is 0.368 e. The number of anilines is 1. The standard InChI is InChI=1S/C13H13BrN4O/c14-10-3-9(6-15)4-11(5-10)17-1-2-18-12(8-17)7-16-13(18)19/h3-5,12H,1-2,7-8H2,(H,16,19). The van der Waals surface area contributed by atoms with Crippen molar-refractivity contribution < 1.29 is 4.79 Å². The lowest BCUT2D eigenvalue weighted by atomic mass is 10.1. The Bertz CT molecular complexity index is 568. The van der Waals surface area contributed by atoms with Crippen molar-refractivity contribution in [2.24, 2.45) is 0 Å². The van der Waals surface area contributed by atoms with Crippen molar-refractivity contribution in [3.8, 4) is 6.07 Å². The highest BCUT2D eigenvalue weighted by Crippen LogP contribution is 2.25. The zero-order valence-corrected chi connectivity index (χ0v) is 11.9. The molecule has 6 heteroatoms. The van der Waals surface area contributed by atoms with Crippen LogP contribution < -0.4 is 10.2 Å². The minimum atomic E-state index is 0.0385. The van der Waals surface area contributed by atoms with E-state index in [4.69, 9.17) is 5.26 Å². The molecule has 1 aromatic carbocycles. The van der Waals surface area contributed by atoms with Crippen molar-refractivity contribution in [3.05, 3.63) is 28.2 Å². The van der Waals surface area contributed by atoms with Gasteiger partial charge in [0.25, 0.3) is 0 Å². The fourth-order valence-corrected chi connectivity index (χ4v) is 3.14. The predicted octanol–water partition coefficient (Wildman–Crippen LogP) is 1.53. The average molecular weight is 321 g/mol. The first-order chi connectivity index (χ1) is 9.17. The molecule has 2 aliphatic rings. The van der Waals surface area contributed by atoms with Crippen LogP contribution in [0.3, 0.4) is 0 Å². The van der Waals surface area contributed by atoms with Crippen LogP contribution in [-0.4, -0.2) is 43.2 Å². The second-order valence-electron chi connectivity index (χ2n) is 4.79. The molecule has 0 aromatic heterocycles. The third-order valence-electron chi connectivity index (χ3n) is 3.61. The molecule has 5 nitrogen and oxygen atoms in total. The summed E-state index contributed by atoms with van der Waals surface area (Å²) in [6, 6.07) is 8.15. The van der Waals surface area contributed by atoms with Crippen LogP contribution in [0.2, 0.25) is 0 Å². The minimum Gasteiger partial charge on any atom is -0.368 e. The molecule has 1 atom stereocenters. The Balaban J connectivity index is 1.83. The molecule has 19 heavy (non-hydrogen) atoms. The molecule has 1 unspecified atom stereocenters. The van der Waals surface area contributed by atoms with Crippen LogP contribution in [0.15, 0.2) is 22.7 Å². The molecule has 0 radical (unpaired) electrons. The highest BCUT2D eigenvalue weighted by atomic mass is 79.9. The van der Waals surface area contributed by atoms with Gasteiger partial charge in [-0.1, -0.05) is 15.9 Å². The number of hydrogen-bond donors (Lipinski definition) is 1. The summed E-state index contributed by atoms with van der Waals surface area (Å²) in [7, 11) is 0. The van der Waals surface area contributed by atoms with Crippen molar-refractivity contribution in [2.75, 3.05) is 31.1 Å². The lowest BCUT2D eigenvalue weighted by Gasteiger charge is -2.37. The Morgan fingerprint density at radius 3 is 3.00 bits per heavy atom. The van der Waals surface area contributed by atoms with Gasteiger partial charge in [0, 0.05) is 36.3 Å². The summed E-state index contributed by atoms with van der Waals surface area (Å²) in [6.45, 7) is 3.03. The SMILES string of the molecule is N#Cc1cc(Br)cc(N2CCN3C(=O)NCC3C2)c1. The fourth-order valence-electron chi connectivity index (χ4n) is 2.66. The van der Waals surface area contributed by atoms with E-state index < -0.39 is 0 Å². The van der Waals surface area contributed by atoms with Crippen LogP contribution in [0.25, 0.3) is 0 Å². The maximum absolute atomic E-state index is 11.6. The zero-order chi connectivity index (χ0) is 13.4. The van der Waals surface area contributed by atoms with E-state index in [-0.39, 0.29) is 12.1 Å². The first-order valence-electron chi connectivity index (χ1n) is 6.17. The van der Waals surface area contributed by atoms with Crippen molar-refractivity contribution in [1.82, 2.24) is 10.2 Å². The van der Waals surface area contributed by atoms with Gasteiger partial charge in [-0.15, -0.1) is 0 Å². The maximum atomic E-state index is 11.6. The topological polar surface area (TPSA) is 59.4 Å². The summed E-state index contributed by atoms with van der Waals surface area (Å²) in [6.07, 6.45) is 0. The van der Waals surface area contributed by atoms with Crippen LogP contribution in [0.5, 0.6) is 0 Å². The Kier molecular flexibility index (Phi) is 3.07. The Morgan fingerprint density at radius 2 is 2.21 bits per heavy atom. The molecule has 2 heterocycles. The van der Waals surface area contributed by atoms with Gasteiger partial charge in [0.1, 0.15) is 0 Å². The monoisotopic (exact) mass is 320 g/mol. The molecular weight excluding hydrogens is 308 g/mol. The zero-order valence-electron chi connectivity index (χ0n) is 10.3. The quantitative estimate of drug-likeness (QED) is 0.853. The van der Waals surface area contributed by atoms with Gasteiger partial charge in [0.15, 0.2) is 0 Å². The third kappa shape index (κ3) is 2.26. The van der Waals surface area contributed by atoms with Crippen LogP contribution in [-0.2, 0) is 0 Å². The van der Waals surface area contributed by atoms with Gasteiger partial charge in [0.05, 0.1) is 17.7 Å².